The standard InChI is InChI=1S/C14H19NO5S/c1-5-20-13(17)11(9(2)16)12(10-7-6-8-21-10)14(3,4)15(18)19/h6-8,11-12H,5H2,1-4H3. The fraction of sp³-hybridized carbons (Fsp3) is 0.571. The Hall–Kier alpha value is -1.76. The third-order valence-corrected chi connectivity index (χ3v) is 4.35. The van der Waals surface area contributed by atoms with E-state index >= 15 is 0 Å². The molecular formula is C14H19NO5S. The number of hydrogen-bond donors (Lipinski definition) is 0. The summed E-state index contributed by atoms with van der Waals surface area (Å²) in [5.41, 5.74) is -1.46. The van der Waals surface area contributed by atoms with E-state index < -0.39 is 34.1 Å². The average Bonchev–Trinajstić information content (AvgIpc) is 2.88. The quantitative estimate of drug-likeness (QED) is 0.334. The van der Waals surface area contributed by atoms with Gasteiger partial charge in [-0.3, -0.25) is 19.7 Å². The van der Waals surface area contributed by atoms with Crippen LogP contribution in [0.5, 0.6) is 0 Å². The first-order valence-electron chi connectivity index (χ1n) is 6.58. The van der Waals surface area contributed by atoms with Gasteiger partial charge in [0.2, 0.25) is 5.54 Å². The van der Waals surface area contributed by atoms with E-state index in [4.69, 9.17) is 4.74 Å². The van der Waals surface area contributed by atoms with Crippen LogP contribution in [-0.2, 0) is 14.3 Å². The Morgan fingerprint density at radius 1 is 1.48 bits per heavy atom. The van der Waals surface area contributed by atoms with E-state index in [1.807, 2.05) is 0 Å². The molecule has 1 rings (SSSR count). The maximum atomic E-state index is 12.1. The summed E-state index contributed by atoms with van der Waals surface area (Å²) in [7, 11) is 0. The monoisotopic (exact) mass is 313 g/mol. The van der Waals surface area contributed by atoms with Crippen LogP contribution in [0, 0.1) is 16.0 Å². The number of carbonyl (C=O) groups excluding carboxylic acids is 2. The van der Waals surface area contributed by atoms with Crippen LogP contribution >= 0.6 is 11.3 Å². The second-order valence-electron chi connectivity index (χ2n) is 5.24. The molecule has 21 heavy (non-hydrogen) atoms. The summed E-state index contributed by atoms with van der Waals surface area (Å²) >= 11 is 1.29. The molecule has 1 aromatic heterocycles. The fourth-order valence-electron chi connectivity index (χ4n) is 2.27. The molecule has 2 atom stereocenters. The largest absolute Gasteiger partial charge is 0.465 e. The molecule has 0 aliphatic rings. The number of Topliss-reactive ketones (excluding diaryl/α,β-unsaturated/α-hetero) is 1. The molecular weight excluding hydrogens is 294 g/mol. The molecule has 0 spiro atoms. The van der Waals surface area contributed by atoms with Crippen molar-refractivity contribution in [1.82, 2.24) is 0 Å². The average molecular weight is 313 g/mol. The third-order valence-electron chi connectivity index (χ3n) is 3.39. The highest BCUT2D eigenvalue weighted by Crippen LogP contribution is 2.40. The van der Waals surface area contributed by atoms with Crippen LogP contribution in [0.25, 0.3) is 0 Å². The molecule has 0 saturated carbocycles. The van der Waals surface area contributed by atoms with E-state index in [2.05, 4.69) is 0 Å². The lowest BCUT2D eigenvalue weighted by Gasteiger charge is -2.30. The highest BCUT2D eigenvalue weighted by Gasteiger charge is 2.51. The smallest absolute Gasteiger partial charge is 0.317 e. The van der Waals surface area contributed by atoms with Gasteiger partial charge in [0.1, 0.15) is 11.7 Å². The Morgan fingerprint density at radius 2 is 2.10 bits per heavy atom. The lowest BCUT2D eigenvalue weighted by Crippen LogP contribution is -2.46. The SMILES string of the molecule is CCOC(=O)C(C(C)=O)C(c1cccs1)C(C)(C)[N+](=O)[O-]. The van der Waals surface area contributed by atoms with Crippen molar-refractivity contribution in [1.29, 1.82) is 0 Å². The first kappa shape index (κ1) is 17.3. The van der Waals surface area contributed by atoms with Crippen LogP contribution in [0.4, 0.5) is 0 Å². The Balaban J connectivity index is 3.37. The van der Waals surface area contributed by atoms with Crippen molar-refractivity contribution in [2.75, 3.05) is 6.61 Å². The molecule has 0 saturated heterocycles. The number of carbonyl (C=O) groups is 2. The topological polar surface area (TPSA) is 86.5 Å². The predicted molar refractivity (Wildman–Crippen MR) is 78.9 cm³/mol. The molecule has 116 valence electrons. The summed E-state index contributed by atoms with van der Waals surface area (Å²) in [6.07, 6.45) is 0. The van der Waals surface area contributed by atoms with Gasteiger partial charge in [-0.25, -0.2) is 0 Å². The lowest BCUT2D eigenvalue weighted by atomic mass is 9.75. The van der Waals surface area contributed by atoms with Gasteiger partial charge in [0.15, 0.2) is 0 Å². The number of ether oxygens (including phenoxy) is 1. The first-order chi connectivity index (χ1) is 9.73. The van der Waals surface area contributed by atoms with Crippen LogP contribution in [0.3, 0.4) is 0 Å². The van der Waals surface area contributed by atoms with Gasteiger partial charge >= 0.3 is 5.97 Å². The maximum absolute atomic E-state index is 12.1. The van der Waals surface area contributed by atoms with Crippen LogP contribution < -0.4 is 0 Å². The van der Waals surface area contributed by atoms with Crippen LogP contribution in [0.2, 0.25) is 0 Å². The Bertz CT molecular complexity index is 523. The highest BCUT2D eigenvalue weighted by atomic mass is 32.1. The zero-order valence-electron chi connectivity index (χ0n) is 12.5. The lowest BCUT2D eigenvalue weighted by molar-refractivity contribution is -0.566. The van der Waals surface area contributed by atoms with Gasteiger partial charge in [0, 0.05) is 23.6 Å². The zero-order valence-corrected chi connectivity index (χ0v) is 13.3. The molecule has 2 unspecified atom stereocenters. The molecule has 0 bridgehead atoms. The van der Waals surface area contributed by atoms with Gasteiger partial charge in [-0.15, -0.1) is 11.3 Å². The summed E-state index contributed by atoms with van der Waals surface area (Å²) < 4.78 is 4.94. The number of thiophene rings is 1. The van der Waals surface area contributed by atoms with E-state index in [0.29, 0.717) is 4.88 Å². The fourth-order valence-corrected chi connectivity index (χ4v) is 3.31. The van der Waals surface area contributed by atoms with Gasteiger partial charge in [0.05, 0.1) is 12.5 Å². The van der Waals surface area contributed by atoms with Crippen molar-refractivity contribution >= 4 is 23.1 Å². The van der Waals surface area contributed by atoms with Crippen molar-refractivity contribution in [3.63, 3.8) is 0 Å². The summed E-state index contributed by atoms with van der Waals surface area (Å²) in [6, 6.07) is 3.45. The molecule has 0 N–H and O–H groups in total. The first-order valence-corrected chi connectivity index (χ1v) is 7.46. The van der Waals surface area contributed by atoms with Gasteiger partial charge in [-0.2, -0.15) is 0 Å². The zero-order chi connectivity index (χ0) is 16.2. The highest BCUT2D eigenvalue weighted by molar-refractivity contribution is 7.10. The normalized spacial score (nSPS) is 14.3. The molecule has 6 nitrogen and oxygen atoms in total. The molecule has 0 aliphatic heterocycles. The number of ketones is 1. The van der Waals surface area contributed by atoms with Gasteiger partial charge in [-0.1, -0.05) is 6.07 Å². The second kappa shape index (κ2) is 6.80. The van der Waals surface area contributed by atoms with E-state index in [1.54, 1.807) is 24.4 Å². The van der Waals surface area contributed by atoms with E-state index in [-0.39, 0.29) is 6.61 Å². The summed E-state index contributed by atoms with van der Waals surface area (Å²) in [6.45, 7) is 5.86. The number of esters is 1. The number of nitro groups is 1. The van der Waals surface area contributed by atoms with Crippen LogP contribution in [-0.4, -0.2) is 28.8 Å². The van der Waals surface area contributed by atoms with Gasteiger partial charge in [-0.05, 0) is 25.3 Å². The summed E-state index contributed by atoms with van der Waals surface area (Å²) in [5, 5.41) is 13.2. The van der Waals surface area contributed by atoms with E-state index in [9.17, 15) is 19.7 Å². The van der Waals surface area contributed by atoms with E-state index in [0.717, 1.165) is 0 Å². The Kier molecular flexibility index (Phi) is 5.60. The Morgan fingerprint density at radius 3 is 2.48 bits per heavy atom. The van der Waals surface area contributed by atoms with Crippen molar-refractivity contribution < 1.29 is 19.2 Å². The van der Waals surface area contributed by atoms with Crippen molar-refractivity contribution in [2.45, 2.75) is 39.2 Å². The molecule has 0 aliphatic carbocycles. The van der Waals surface area contributed by atoms with Crippen LogP contribution in [0.15, 0.2) is 17.5 Å². The predicted octanol–water partition coefficient (Wildman–Crippen LogP) is 2.66. The molecule has 0 radical (unpaired) electrons. The molecule has 1 aromatic rings. The van der Waals surface area contributed by atoms with Crippen molar-refractivity contribution in [2.24, 2.45) is 5.92 Å². The summed E-state index contributed by atoms with van der Waals surface area (Å²) in [4.78, 5) is 35.7. The number of rotatable bonds is 7. The molecule has 7 heteroatoms. The minimum absolute atomic E-state index is 0.124. The Labute approximate surface area is 127 Å². The van der Waals surface area contributed by atoms with E-state index in [1.165, 1.54) is 32.1 Å². The molecule has 1 heterocycles. The minimum Gasteiger partial charge on any atom is -0.465 e. The number of nitrogens with zero attached hydrogens (tertiary/aromatic N) is 1. The van der Waals surface area contributed by atoms with Gasteiger partial charge in [0.25, 0.3) is 0 Å². The number of hydrogen-bond acceptors (Lipinski definition) is 6. The summed E-state index contributed by atoms with van der Waals surface area (Å²) in [5.74, 6) is -3.17. The van der Waals surface area contributed by atoms with Gasteiger partial charge < -0.3 is 4.74 Å². The molecule has 0 aromatic carbocycles. The van der Waals surface area contributed by atoms with Crippen molar-refractivity contribution in [3.8, 4) is 0 Å². The third kappa shape index (κ3) is 3.66. The van der Waals surface area contributed by atoms with Crippen LogP contribution in [0.1, 0.15) is 38.5 Å². The van der Waals surface area contributed by atoms with Crippen molar-refractivity contribution in [3.05, 3.63) is 32.5 Å². The second-order valence-corrected chi connectivity index (χ2v) is 6.22. The maximum Gasteiger partial charge on any atom is 0.317 e. The molecule has 0 fully saturated rings. The molecule has 0 amide bonds. The minimum atomic E-state index is -1.46.